The van der Waals surface area contributed by atoms with Crippen molar-refractivity contribution in [2.45, 2.75) is 0 Å². The summed E-state index contributed by atoms with van der Waals surface area (Å²) in [5.74, 6) is 5.91. The molecule has 1 heterocycles. The Bertz CT molecular complexity index is 633. The molecule has 104 valence electrons. The van der Waals surface area contributed by atoms with Crippen molar-refractivity contribution in [2.75, 3.05) is 17.9 Å². The summed E-state index contributed by atoms with van der Waals surface area (Å²) in [6.45, 7) is 0. The minimum absolute atomic E-state index is 0.0335. The van der Waals surface area contributed by atoms with E-state index in [1.807, 2.05) is 0 Å². The molecule has 0 aliphatic heterocycles. The molecule has 1 aromatic heterocycles. The highest BCUT2D eigenvalue weighted by Crippen LogP contribution is 2.27. The topological polar surface area (TPSA) is 128 Å². The summed E-state index contributed by atoms with van der Waals surface area (Å²) in [6, 6.07) is 6.91. The SMILES string of the molecule is COc1cccc(Nc2nc(NN)ncc2[N+](=O)[O-])c1. The molecule has 0 fully saturated rings. The number of nitrogens with one attached hydrogen (secondary N) is 2. The predicted octanol–water partition coefficient (Wildman–Crippen LogP) is 1.42. The van der Waals surface area contributed by atoms with E-state index in [-0.39, 0.29) is 17.5 Å². The van der Waals surface area contributed by atoms with Crippen molar-refractivity contribution in [2.24, 2.45) is 5.84 Å². The van der Waals surface area contributed by atoms with Gasteiger partial charge in [0, 0.05) is 11.8 Å². The second-order valence-electron chi connectivity index (χ2n) is 3.69. The van der Waals surface area contributed by atoms with Crippen LogP contribution in [0.15, 0.2) is 30.5 Å². The molecule has 20 heavy (non-hydrogen) atoms. The second kappa shape index (κ2) is 5.80. The predicted molar refractivity (Wildman–Crippen MR) is 72.8 cm³/mol. The standard InChI is InChI=1S/C11H12N6O3/c1-20-8-4-2-3-7(5-8)14-10-9(17(18)19)6-13-11(15-10)16-12/h2-6H,12H2,1H3,(H2,13,14,15,16). The molecule has 0 aliphatic rings. The Hall–Kier alpha value is -2.94. The Morgan fingerprint density at radius 1 is 1.45 bits per heavy atom. The monoisotopic (exact) mass is 276 g/mol. The second-order valence-corrected chi connectivity index (χ2v) is 3.69. The molecule has 9 nitrogen and oxygen atoms in total. The van der Waals surface area contributed by atoms with Gasteiger partial charge in [0.15, 0.2) is 0 Å². The molecule has 0 radical (unpaired) electrons. The Kier molecular flexibility index (Phi) is 3.91. The van der Waals surface area contributed by atoms with E-state index in [1.54, 1.807) is 24.3 Å². The van der Waals surface area contributed by atoms with E-state index in [1.165, 1.54) is 7.11 Å². The van der Waals surface area contributed by atoms with E-state index in [9.17, 15) is 10.1 Å². The smallest absolute Gasteiger partial charge is 0.329 e. The summed E-state index contributed by atoms with van der Waals surface area (Å²) >= 11 is 0. The van der Waals surface area contributed by atoms with Crippen molar-refractivity contribution in [3.8, 4) is 5.75 Å². The number of hydrogen-bond donors (Lipinski definition) is 3. The largest absolute Gasteiger partial charge is 0.497 e. The first-order valence-corrected chi connectivity index (χ1v) is 5.53. The zero-order valence-corrected chi connectivity index (χ0v) is 10.5. The van der Waals surface area contributed by atoms with Crippen LogP contribution >= 0.6 is 0 Å². The number of benzene rings is 1. The highest BCUT2D eigenvalue weighted by Gasteiger charge is 2.17. The Balaban J connectivity index is 2.37. The lowest BCUT2D eigenvalue weighted by molar-refractivity contribution is -0.384. The Morgan fingerprint density at radius 2 is 2.25 bits per heavy atom. The van der Waals surface area contributed by atoms with Crippen LogP contribution in [0.3, 0.4) is 0 Å². The lowest BCUT2D eigenvalue weighted by Gasteiger charge is -2.08. The van der Waals surface area contributed by atoms with Crippen molar-refractivity contribution >= 4 is 23.1 Å². The van der Waals surface area contributed by atoms with Gasteiger partial charge in [0.05, 0.1) is 12.0 Å². The van der Waals surface area contributed by atoms with Gasteiger partial charge in [-0.05, 0) is 12.1 Å². The van der Waals surface area contributed by atoms with Gasteiger partial charge in [-0.1, -0.05) is 6.07 Å². The summed E-state index contributed by atoms with van der Waals surface area (Å²) in [7, 11) is 1.53. The molecule has 1 aromatic carbocycles. The van der Waals surface area contributed by atoms with Crippen LogP contribution in [0.2, 0.25) is 0 Å². The van der Waals surface area contributed by atoms with Crippen molar-refractivity contribution in [3.05, 3.63) is 40.6 Å². The van der Waals surface area contributed by atoms with Gasteiger partial charge >= 0.3 is 5.69 Å². The van der Waals surface area contributed by atoms with Crippen LogP contribution in [-0.2, 0) is 0 Å². The number of hydrazine groups is 1. The van der Waals surface area contributed by atoms with Crippen molar-refractivity contribution in [1.29, 1.82) is 0 Å². The van der Waals surface area contributed by atoms with Gasteiger partial charge in [-0.2, -0.15) is 4.98 Å². The van der Waals surface area contributed by atoms with Crippen LogP contribution in [0.5, 0.6) is 5.75 Å². The van der Waals surface area contributed by atoms with Crippen molar-refractivity contribution in [3.63, 3.8) is 0 Å². The average molecular weight is 276 g/mol. The number of nitrogens with zero attached hydrogens (tertiary/aromatic N) is 3. The zero-order chi connectivity index (χ0) is 14.5. The minimum atomic E-state index is -0.581. The molecular formula is C11H12N6O3. The molecule has 0 atom stereocenters. The highest BCUT2D eigenvalue weighted by molar-refractivity contribution is 5.66. The van der Waals surface area contributed by atoms with E-state index in [0.29, 0.717) is 11.4 Å². The lowest BCUT2D eigenvalue weighted by atomic mass is 10.3. The molecule has 0 saturated carbocycles. The quantitative estimate of drug-likeness (QED) is 0.425. The number of rotatable bonds is 5. The summed E-state index contributed by atoms with van der Waals surface area (Å²) in [6.07, 6.45) is 1.07. The van der Waals surface area contributed by atoms with Gasteiger partial charge in [-0.15, -0.1) is 0 Å². The molecule has 9 heteroatoms. The third kappa shape index (κ3) is 2.90. The van der Waals surface area contributed by atoms with Gasteiger partial charge in [-0.3, -0.25) is 15.5 Å². The first-order valence-electron chi connectivity index (χ1n) is 5.53. The summed E-state index contributed by atoms with van der Waals surface area (Å²) in [5.41, 5.74) is 2.57. The van der Waals surface area contributed by atoms with Crippen LogP contribution in [0, 0.1) is 10.1 Å². The minimum Gasteiger partial charge on any atom is -0.497 e. The third-order valence-corrected chi connectivity index (χ3v) is 2.43. The lowest BCUT2D eigenvalue weighted by Crippen LogP contribution is -2.12. The Morgan fingerprint density at radius 3 is 2.90 bits per heavy atom. The number of hydrogen-bond acceptors (Lipinski definition) is 8. The maximum absolute atomic E-state index is 10.9. The molecule has 0 saturated heterocycles. The number of nitro groups is 1. The molecule has 0 bridgehead atoms. The maximum Gasteiger partial charge on any atom is 0.329 e. The fourth-order valence-corrected chi connectivity index (χ4v) is 1.51. The maximum atomic E-state index is 10.9. The Labute approximate surface area is 113 Å². The number of aromatic nitrogens is 2. The van der Waals surface area contributed by atoms with E-state index in [4.69, 9.17) is 10.6 Å². The van der Waals surface area contributed by atoms with Crippen molar-refractivity contribution in [1.82, 2.24) is 9.97 Å². The number of anilines is 3. The number of methoxy groups -OCH3 is 1. The summed E-state index contributed by atoms with van der Waals surface area (Å²) < 4.78 is 5.08. The number of nitrogen functional groups attached to an aromatic ring is 1. The normalized spacial score (nSPS) is 9.90. The van der Waals surface area contributed by atoms with Crippen LogP contribution in [0.1, 0.15) is 0 Å². The fourth-order valence-electron chi connectivity index (χ4n) is 1.51. The van der Waals surface area contributed by atoms with Crippen LogP contribution < -0.4 is 21.3 Å². The highest BCUT2D eigenvalue weighted by atomic mass is 16.6. The molecule has 0 amide bonds. The first-order chi connectivity index (χ1) is 9.63. The van der Waals surface area contributed by atoms with Crippen molar-refractivity contribution < 1.29 is 9.66 Å². The van der Waals surface area contributed by atoms with Crippen LogP contribution in [0.4, 0.5) is 23.1 Å². The third-order valence-electron chi connectivity index (χ3n) is 2.43. The average Bonchev–Trinajstić information content (AvgIpc) is 2.47. The van der Waals surface area contributed by atoms with Gasteiger partial charge in [0.2, 0.25) is 11.8 Å². The van der Waals surface area contributed by atoms with E-state index < -0.39 is 4.92 Å². The molecular weight excluding hydrogens is 264 g/mol. The summed E-state index contributed by atoms with van der Waals surface area (Å²) in [4.78, 5) is 18.0. The zero-order valence-electron chi connectivity index (χ0n) is 10.5. The number of nitrogens with two attached hydrogens (primary N) is 1. The van der Waals surface area contributed by atoms with E-state index in [0.717, 1.165) is 6.20 Å². The van der Waals surface area contributed by atoms with Gasteiger partial charge in [0.25, 0.3) is 0 Å². The molecule has 4 N–H and O–H groups in total. The van der Waals surface area contributed by atoms with Crippen LogP contribution in [-0.4, -0.2) is 22.0 Å². The van der Waals surface area contributed by atoms with Gasteiger partial charge < -0.3 is 10.1 Å². The molecule has 2 rings (SSSR count). The summed E-state index contributed by atoms with van der Waals surface area (Å²) in [5, 5.41) is 13.8. The molecule has 2 aromatic rings. The molecule has 0 aliphatic carbocycles. The molecule has 0 spiro atoms. The van der Waals surface area contributed by atoms with E-state index in [2.05, 4.69) is 20.7 Å². The van der Waals surface area contributed by atoms with E-state index >= 15 is 0 Å². The first kappa shape index (κ1) is 13.5. The van der Waals surface area contributed by atoms with Gasteiger partial charge in [-0.25, -0.2) is 10.8 Å². The number of ether oxygens (including phenoxy) is 1. The van der Waals surface area contributed by atoms with Gasteiger partial charge in [0.1, 0.15) is 11.9 Å². The van der Waals surface area contributed by atoms with Crippen LogP contribution in [0.25, 0.3) is 0 Å². The molecule has 0 unspecified atom stereocenters. The fraction of sp³-hybridized carbons (Fsp3) is 0.0909.